The van der Waals surface area contributed by atoms with Crippen LogP contribution in [0.1, 0.15) is 193 Å². The molecule has 0 atom stereocenters. The van der Waals surface area contributed by atoms with E-state index in [0.29, 0.717) is 37.9 Å². The molecule has 6 nitrogen and oxygen atoms in total. The molecule has 0 aliphatic rings. The van der Waals surface area contributed by atoms with Crippen molar-refractivity contribution in [2.24, 2.45) is 0 Å². The highest BCUT2D eigenvalue weighted by molar-refractivity contribution is 6.02. The molecule has 2 aromatic carbocycles. The lowest BCUT2D eigenvalue weighted by Crippen LogP contribution is -2.03. The van der Waals surface area contributed by atoms with Crippen molar-refractivity contribution in [1.82, 2.24) is 0 Å². The van der Waals surface area contributed by atoms with Crippen LogP contribution in [0.4, 0.5) is 0 Å². The summed E-state index contributed by atoms with van der Waals surface area (Å²) in [6, 6.07) is 11.7. The fraction of sp³-hybridized carbons (Fsp3) is 0.627. The number of hydrogen-bond acceptors (Lipinski definition) is 6. The standard InChI is InChI=1S/C51H80O6/c1-5-9-13-17-21-25-37-54-48-35-31-44(41-50(48)56-39-27-23-19-15-11-7-3)29-33-46(52)43-47(53)34-30-45-32-36-49(55-38-26-22-18-14-10-6-2)51(42-45)57-40-28-24-20-16-12-8-4/h29-36,41-43,52H,5-28,37-40H2,1-4H3/b33-29+,34-30+,46-43-. The number of carbonyl (C=O) groups is 1. The van der Waals surface area contributed by atoms with Gasteiger partial charge < -0.3 is 24.1 Å². The van der Waals surface area contributed by atoms with E-state index in [1.54, 1.807) is 18.2 Å². The van der Waals surface area contributed by atoms with Gasteiger partial charge in [-0.25, -0.2) is 0 Å². The summed E-state index contributed by atoms with van der Waals surface area (Å²) in [5.41, 5.74) is 1.69. The Labute approximate surface area is 348 Å². The van der Waals surface area contributed by atoms with Crippen molar-refractivity contribution in [3.63, 3.8) is 0 Å². The molecular formula is C51H80O6. The third kappa shape index (κ3) is 25.3. The molecule has 0 radical (unpaired) electrons. The molecule has 0 fully saturated rings. The quantitative estimate of drug-likeness (QED) is 0.0318. The second-order valence-electron chi connectivity index (χ2n) is 15.5. The maximum Gasteiger partial charge on any atom is 0.182 e. The van der Waals surface area contributed by atoms with Gasteiger partial charge in [0.2, 0.25) is 0 Å². The number of unbranched alkanes of at least 4 members (excludes halogenated alkanes) is 20. The summed E-state index contributed by atoms with van der Waals surface area (Å²) in [4.78, 5) is 12.9. The summed E-state index contributed by atoms with van der Waals surface area (Å²) in [5, 5.41) is 10.6. The van der Waals surface area contributed by atoms with Crippen LogP contribution in [-0.4, -0.2) is 37.3 Å². The first-order valence-corrected chi connectivity index (χ1v) is 23.1. The van der Waals surface area contributed by atoms with Crippen LogP contribution in [0, 0.1) is 0 Å². The van der Waals surface area contributed by atoms with Crippen molar-refractivity contribution in [3.05, 3.63) is 71.5 Å². The zero-order chi connectivity index (χ0) is 41.0. The molecule has 320 valence electrons. The highest BCUT2D eigenvalue weighted by Crippen LogP contribution is 2.31. The fourth-order valence-corrected chi connectivity index (χ4v) is 6.58. The van der Waals surface area contributed by atoms with E-state index < -0.39 is 0 Å². The molecule has 0 aromatic heterocycles. The number of carbonyl (C=O) groups excluding carboxylic acids is 1. The van der Waals surface area contributed by atoms with E-state index in [4.69, 9.17) is 18.9 Å². The summed E-state index contributed by atoms with van der Waals surface area (Å²) < 4.78 is 24.8. The molecular weight excluding hydrogens is 709 g/mol. The zero-order valence-corrected chi connectivity index (χ0v) is 36.6. The van der Waals surface area contributed by atoms with Gasteiger partial charge in [-0.05, 0) is 73.2 Å². The topological polar surface area (TPSA) is 74.2 Å². The third-order valence-electron chi connectivity index (χ3n) is 10.1. The Kier molecular flexibility index (Phi) is 29.8. The Morgan fingerprint density at radius 3 is 1.12 bits per heavy atom. The highest BCUT2D eigenvalue weighted by Gasteiger charge is 2.09. The number of aliphatic hydroxyl groups is 1. The van der Waals surface area contributed by atoms with Crippen LogP contribution in [0.2, 0.25) is 0 Å². The van der Waals surface area contributed by atoms with E-state index in [1.165, 1.54) is 128 Å². The SMILES string of the molecule is CCCCCCCCOc1ccc(/C=C/C(=O)/C=C(O)/C=C/c2ccc(OCCCCCCCC)c(OCCCCCCCC)c2)cc1OCCCCCCCC. The Morgan fingerprint density at radius 1 is 0.439 bits per heavy atom. The summed E-state index contributed by atoms with van der Waals surface area (Å²) in [6.07, 6.45) is 36.7. The number of rotatable bonds is 37. The molecule has 0 aliphatic carbocycles. The minimum Gasteiger partial charge on any atom is -0.508 e. The average molecular weight is 789 g/mol. The lowest BCUT2D eigenvalue weighted by atomic mass is 10.1. The average Bonchev–Trinajstić information content (AvgIpc) is 3.21. The second kappa shape index (κ2) is 34.4. The molecule has 0 saturated heterocycles. The highest BCUT2D eigenvalue weighted by atomic mass is 16.5. The van der Waals surface area contributed by atoms with Crippen molar-refractivity contribution in [3.8, 4) is 23.0 Å². The normalized spacial score (nSPS) is 11.8. The molecule has 2 aromatic rings. The number of aliphatic hydroxyl groups excluding tert-OH is 1. The predicted molar refractivity (Wildman–Crippen MR) is 242 cm³/mol. The second-order valence-corrected chi connectivity index (χ2v) is 15.5. The van der Waals surface area contributed by atoms with Crippen LogP contribution in [0.5, 0.6) is 23.0 Å². The van der Waals surface area contributed by atoms with Gasteiger partial charge in [-0.2, -0.15) is 0 Å². The van der Waals surface area contributed by atoms with Gasteiger partial charge in [0.05, 0.1) is 26.4 Å². The fourth-order valence-electron chi connectivity index (χ4n) is 6.58. The Balaban J connectivity index is 2.03. The maximum absolute atomic E-state index is 12.9. The molecule has 0 unspecified atom stereocenters. The molecule has 0 spiro atoms. The van der Waals surface area contributed by atoms with E-state index in [9.17, 15) is 9.90 Å². The van der Waals surface area contributed by atoms with Crippen molar-refractivity contribution in [2.45, 2.75) is 182 Å². The van der Waals surface area contributed by atoms with Gasteiger partial charge >= 0.3 is 0 Å². The molecule has 0 amide bonds. The summed E-state index contributed by atoms with van der Waals surface area (Å²) >= 11 is 0. The Morgan fingerprint density at radius 2 is 0.754 bits per heavy atom. The van der Waals surface area contributed by atoms with E-state index >= 15 is 0 Å². The first-order chi connectivity index (χ1) is 28.0. The molecule has 1 N–H and O–H groups in total. The minimum atomic E-state index is -0.309. The Hall–Kier alpha value is -3.67. The molecule has 0 bridgehead atoms. The molecule has 57 heavy (non-hydrogen) atoms. The number of ether oxygens (including phenoxy) is 4. The molecule has 6 heteroatoms. The third-order valence-corrected chi connectivity index (χ3v) is 10.1. The summed E-state index contributed by atoms with van der Waals surface area (Å²) in [6.45, 7) is 11.5. The van der Waals surface area contributed by atoms with Crippen LogP contribution < -0.4 is 18.9 Å². The van der Waals surface area contributed by atoms with E-state index in [0.717, 1.165) is 61.2 Å². The van der Waals surface area contributed by atoms with E-state index in [2.05, 4.69) is 27.7 Å². The molecule has 0 heterocycles. The van der Waals surface area contributed by atoms with Gasteiger partial charge in [0.25, 0.3) is 0 Å². The first-order valence-electron chi connectivity index (χ1n) is 23.1. The number of benzene rings is 2. The lowest BCUT2D eigenvalue weighted by molar-refractivity contribution is -0.110. The van der Waals surface area contributed by atoms with Gasteiger partial charge in [-0.1, -0.05) is 180 Å². The number of allylic oxidation sites excluding steroid dienone is 3. The lowest BCUT2D eigenvalue weighted by Gasteiger charge is -2.14. The summed E-state index contributed by atoms with van der Waals surface area (Å²) in [5.74, 6) is 2.49. The van der Waals surface area contributed by atoms with E-state index in [1.807, 2.05) is 36.4 Å². The van der Waals surface area contributed by atoms with Crippen LogP contribution in [0.25, 0.3) is 12.2 Å². The van der Waals surface area contributed by atoms with Gasteiger partial charge in [0.1, 0.15) is 5.76 Å². The van der Waals surface area contributed by atoms with Crippen LogP contribution >= 0.6 is 0 Å². The summed E-state index contributed by atoms with van der Waals surface area (Å²) in [7, 11) is 0. The number of ketones is 1. The van der Waals surface area contributed by atoms with Crippen LogP contribution in [0.15, 0.2) is 60.4 Å². The largest absolute Gasteiger partial charge is 0.508 e. The predicted octanol–water partition coefficient (Wildman–Crippen LogP) is 15.4. The maximum atomic E-state index is 12.9. The molecule has 2 rings (SSSR count). The van der Waals surface area contributed by atoms with Crippen molar-refractivity contribution in [2.75, 3.05) is 26.4 Å². The zero-order valence-electron chi connectivity index (χ0n) is 36.6. The van der Waals surface area contributed by atoms with Gasteiger partial charge in [-0.3, -0.25) is 4.79 Å². The van der Waals surface area contributed by atoms with Crippen molar-refractivity contribution < 1.29 is 28.8 Å². The molecule has 0 saturated carbocycles. The number of hydrogen-bond donors (Lipinski definition) is 1. The van der Waals surface area contributed by atoms with Crippen molar-refractivity contribution >= 4 is 17.9 Å². The van der Waals surface area contributed by atoms with E-state index in [-0.39, 0.29) is 11.5 Å². The van der Waals surface area contributed by atoms with Gasteiger partial charge in [-0.15, -0.1) is 0 Å². The minimum absolute atomic E-state index is 0.121. The van der Waals surface area contributed by atoms with Crippen LogP contribution in [-0.2, 0) is 4.79 Å². The van der Waals surface area contributed by atoms with Crippen molar-refractivity contribution in [1.29, 1.82) is 0 Å². The van der Waals surface area contributed by atoms with Crippen LogP contribution in [0.3, 0.4) is 0 Å². The van der Waals surface area contributed by atoms with Gasteiger partial charge in [0.15, 0.2) is 28.8 Å². The van der Waals surface area contributed by atoms with Gasteiger partial charge in [0, 0.05) is 6.08 Å². The Bertz CT molecular complexity index is 1390. The smallest absolute Gasteiger partial charge is 0.182 e. The molecule has 0 aliphatic heterocycles. The first kappa shape index (κ1) is 49.5. The monoisotopic (exact) mass is 789 g/mol.